The van der Waals surface area contributed by atoms with Crippen LogP contribution in [0.2, 0.25) is 0 Å². The fraction of sp³-hybridized carbons (Fsp3) is 0.538. The fourth-order valence-corrected chi connectivity index (χ4v) is 2.43. The van der Waals surface area contributed by atoms with Crippen molar-refractivity contribution in [1.29, 1.82) is 0 Å². The van der Waals surface area contributed by atoms with Crippen LogP contribution in [-0.2, 0) is 0 Å². The fourth-order valence-electron chi connectivity index (χ4n) is 2.43. The van der Waals surface area contributed by atoms with Gasteiger partial charge in [-0.3, -0.25) is 0 Å². The smallest absolute Gasteiger partial charge is 0.0397 e. The maximum atomic E-state index is 6.13. The van der Waals surface area contributed by atoms with E-state index >= 15 is 0 Å². The van der Waals surface area contributed by atoms with Crippen LogP contribution >= 0.6 is 0 Å². The Hall–Kier alpha value is -1.02. The van der Waals surface area contributed by atoms with E-state index in [-0.39, 0.29) is 5.41 Å². The topological polar surface area (TPSA) is 29.3 Å². The lowest BCUT2D eigenvalue weighted by Crippen LogP contribution is -2.12. The van der Waals surface area contributed by atoms with Crippen molar-refractivity contribution in [3.05, 3.63) is 29.8 Å². The molecule has 2 atom stereocenters. The summed E-state index contributed by atoms with van der Waals surface area (Å²) in [5, 5.41) is 0. The first-order valence-electron chi connectivity index (χ1n) is 5.48. The largest absolute Gasteiger partial charge is 0.377 e. The standard InChI is InChI=1S/C13H20N2/c1-13(2)11(12(13)14)9-7-5-6-8-10(9)15(3)4/h5-8,11-12H,14H2,1-4H3. The summed E-state index contributed by atoms with van der Waals surface area (Å²) in [6.45, 7) is 4.49. The van der Waals surface area contributed by atoms with Gasteiger partial charge in [0.05, 0.1) is 0 Å². The van der Waals surface area contributed by atoms with Crippen LogP contribution in [0.15, 0.2) is 24.3 Å². The lowest BCUT2D eigenvalue weighted by molar-refractivity contribution is 0.599. The lowest BCUT2D eigenvalue weighted by atomic mass is 10.0. The molecule has 2 rings (SSSR count). The molecule has 2 unspecified atom stereocenters. The highest BCUT2D eigenvalue weighted by Crippen LogP contribution is 2.58. The molecule has 0 saturated heterocycles. The van der Waals surface area contributed by atoms with Crippen LogP contribution < -0.4 is 10.6 Å². The third-order valence-corrected chi connectivity index (χ3v) is 3.66. The van der Waals surface area contributed by atoms with Crippen LogP contribution in [0.5, 0.6) is 0 Å². The van der Waals surface area contributed by atoms with Crippen molar-refractivity contribution in [2.75, 3.05) is 19.0 Å². The van der Waals surface area contributed by atoms with Gasteiger partial charge in [-0.05, 0) is 17.0 Å². The molecule has 1 saturated carbocycles. The van der Waals surface area contributed by atoms with Crippen LogP contribution in [0.1, 0.15) is 25.3 Å². The lowest BCUT2D eigenvalue weighted by Gasteiger charge is -2.18. The summed E-state index contributed by atoms with van der Waals surface area (Å²) < 4.78 is 0. The molecule has 1 aliphatic rings. The summed E-state index contributed by atoms with van der Waals surface area (Å²) in [5.41, 5.74) is 9.07. The van der Waals surface area contributed by atoms with Gasteiger partial charge >= 0.3 is 0 Å². The van der Waals surface area contributed by atoms with E-state index in [1.165, 1.54) is 11.3 Å². The summed E-state index contributed by atoms with van der Waals surface area (Å²) in [6.07, 6.45) is 0. The molecule has 1 aliphatic carbocycles. The van der Waals surface area contributed by atoms with Gasteiger partial charge in [0.15, 0.2) is 0 Å². The van der Waals surface area contributed by atoms with E-state index in [0.717, 1.165) is 0 Å². The maximum absolute atomic E-state index is 6.13. The van der Waals surface area contributed by atoms with Crippen molar-refractivity contribution in [3.63, 3.8) is 0 Å². The predicted octanol–water partition coefficient (Wildman–Crippen LogP) is 2.20. The Morgan fingerprint density at radius 3 is 2.20 bits per heavy atom. The first kappa shape index (κ1) is 10.5. The Bertz CT molecular complexity index is 369. The van der Waals surface area contributed by atoms with Gasteiger partial charge in [-0.1, -0.05) is 32.0 Å². The summed E-state index contributed by atoms with van der Waals surface area (Å²) in [5.74, 6) is 0.510. The molecule has 2 nitrogen and oxygen atoms in total. The Morgan fingerprint density at radius 2 is 1.73 bits per heavy atom. The molecule has 82 valence electrons. The number of anilines is 1. The van der Waals surface area contributed by atoms with Gasteiger partial charge in [-0.25, -0.2) is 0 Å². The van der Waals surface area contributed by atoms with Crippen LogP contribution in [0, 0.1) is 5.41 Å². The molecule has 15 heavy (non-hydrogen) atoms. The number of nitrogens with two attached hydrogens (primary N) is 1. The molecule has 1 aromatic rings. The van der Waals surface area contributed by atoms with Gasteiger partial charge in [-0.2, -0.15) is 0 Å². The van der Waals surface area contributed by atoms with Gasteiger partial charge in [0, 0.05) is 31.7 Å². The van der Waals surface area contributed by atoms with E-state index in [9.17, 15) is 0 Å². The molecule has 1 aromatic carbocycles. The number of rotatable bonds is 2. The SMILES string of the molecule is CN(C)c1ccccc1C1C(N)C1(C)C. The van der Waals surface area contributed by atoms with Gasteiger partial charge < -0.3 is 10.6 Å². The zero-order valence-electron chi connectivity index (χ0n) is 9.99. The van der Waals surface area contributed by atoms with Gasteiger partial charge in [0.25, 0.3) is 0 Å². The molecule has 2 heteroatoms. The molecular formula is C13H20N2. The van der Waals surface area contributed by atoms with Crippen molar-refractivity contribution in [2.24, 2.45) is 11.1 Å². The normalized spacial score (nSPS) is 27.5. The highest BCUT2D eigenvalue weighted by molar-refractivity contribution is 5.57. The number of para-hydroxylation sites is 1. The predicted molar refractivity (Wildman–Crippen MR) is 65.3 cm³/mol. The zero-order valence-corrected chi connectivity index (χ0v) is 9.99. The summed E-state index contributed by atoms with van der Waals surface area (Å²) in [4.78, 5) is 2.16. The second kappa shape index (κ2) is 3.24. The molecule has 0 aliphatic heterocycles. The molecule has 1 fully saturated rings. The Morgan fingerprint density at radius 1 is 1.20 bits per heavy atom. The highest BCUT2D eigenvalue weighted by atomic mass is 15.1. The summed E-state index contributed by atoms with van der Waals surface area (Å²) >= 11 is 0. The van der Waals surface area contributed by atoms with Crippen LogP contribution in [0.4, 0.5) is 5.69 Å². The number of hydrogen-bond acceptors (Lipinski definition) is 2. The molecular weight excluding hydrogens is 184 g/mol. The summed E-state index contributed by atoms with van der Waals surface area (Å²) in [7, 11) is 4.17. The number of hydrogen-bond donors (Lipinski definition) is 1. The van der Waals surface area contributed by atoms with Crippen molar-refractivity contribution in [1.82, 2.24) is 0 Å². The Kier molecular flexibility index (Phi) is 2.27. The minimum atomic E-state index is 0.256. The highest BCUT2D eigenvalue weighted by Gasteiger charge is 2.56. The molecule has 0 spiro atoms. The third-order valence-electron chi connectivity index (χ3n) is 3.66. The quantitative estimate of drug-likeness (QED) is 0.800. The molecule has 0 bridgehead atoms. The molecule has 0 amide bonds. The molecule has 0 radical (unpaired) electrons. The molecule has 0 heterocycles. The van der Waals surface area contributed by atoms with Gasteiger partial charge in [-0.15, -0.1) is 0 Å². The van der Waals surface area contributed by atoms with Crippen molar-refractivity contribution < 1.29 is 0 Å². The average molecular weight is 204 g/mol. The van der Waals surface area contributed by atoms with E-state index in [1.54, 1.807) is 0 Å². The summed E-state index contributed by atoms with van der Waals surface area (Å²) in [6, 6.07) is 8.85. The van der Waals surface area contributed by atoms with Crippen LogP contribution in [0.25, 0.3) is 0 Å². The Labute approximate surface area is 92.1 Å². The first-order valence-corrected chi connectivity index (χ1v) is 5.48. The second-order valence-corrected chi connectivity index (χ2v) is 5.28. The van der Waals surface area contributed by atoms with Crippen molar-refractivity contribution in [3.8, 4) is 0 Å². The van der Waals surface area contributed by atoms with Crippen molar-refractivity contribution >= 4 is 5.69 Å². The van der Waals surface area contributed by atoms with E-state index in [1.807, 2.05) is 0 Å². The number of nitrogens with zero attached hydrogens (tertiary/aromatic N) is 1. The first-order chi connectivity index (χ1) is 6.96. The molecule has 0 aromatic heterocycles. The van der Waals surface area contributed by atoms with Crippen LogP contribution in [-0.4, -0.2) is 20.1 Å². The van der Waals surface area contributed by atoms with E-state index in [2.05, 4.69) is 57.1 Å². The van der Waals surface area contributed by atoms with Gasteiger partial charge in [0.1, 0.15) is 0 Å². The average Bonchev–Trinajstić information content (AvgIpc) is 2.66. The second-order valence-electron chi connectivity index (χ2n) is 5.28. The minimum Gasteiger partial charge on any atom is -0.377 e. The monoisotopic (exact) mass is 204 g/mol. The zero-order chi connectivity index (χ0) is 11.2. The Balaban J connectivity index is 2.38. The minimum absolute atomic E-state index is 0.256. The molecule has 2 N–H and O–H groups in total. The van der Waals surface area contributed by atoms with Crippen LogP contribution in [0.3, 0.4) is 0 Å². The number of benzene rings is 1. The maximum Gasteiger partial charge on any atom is 0.0397 e. The van der Waals surface area contributed by atoms with E-state index in [4.69, 9.17) is 5.73 Å². The van der Waals surface area contributed by atoms with E-state index in [0.29, 0.717) is 12.0 Å². The third kappa shape index (κ3) is 1.53. The van der Waals surface area contributed by atoms with Gasteiger partial charge in [0.2, 0.25) is 0 Å². The van der Waals surface area contributed by atoms with E-state index < -0.39 is 0 Å². The van der Waals surface area contributed by atoms with Crippen molar-refractivity contribution in [2.45, 2.75) is 25.8 Å².